The van der Waals surface area contributed by atoms with Gasteiger partial charge in [-0.2, -0.15) is 0 Å². The van der Waals surface area contributed by atoms with E-state index in [0.717, 1.165) is 5.69 Å². The molecule has 2 amide bonds. The second-order valence-electron chi connectivity index (χ2n) is 6.83. The number of carbonyl (C=O) groups excluding carboxylic acids is 3. The van der Waals surface area contributed by atoms with Crippen molar-refractivity contribution in [1.29, 1.82) is 0 Å². The van der Waals surface area contributed by atoms with E-state index in [-0.39, 0.29) is 18.2 Å². The van der Waals surface area contributed by atoms with E-state index in [1.165, 1.54) is 13.0 Å². The zero-order valence-corrected chi connectivity index (χ0v) is 16.6. The first-order valence-corrected chi connectivity index (χ1v) is 9.56. The van der Waals surface area contributed by atoms with E-state index in [1.54, 1.807) is 35.2 Å². The lowest BCUT2D eigenvalue weighted by Crippen LogP contribution is -2.51. The highest BCUT2D eigenvalue weighted by molar-refractivity contribution is 5.96. The summed E-state index contributed by atoms with van der Waals surface area (Å²) in [5.41, 5.74) is 4.04. The molecule has 3 rings (SSSR count). The first-order valence-electron chi connectivity index (χ1n) is 9.56. The Morgan fingerprint density at radius 3 is 2.37 bits per heavy atom. The molecule has 9 nitrogen and oxygen atoms in total. The normalized spacial score (nSPS) is 13.5. The molecule has 0 bridgehead atoms. The number of hydrogen-bond acceptors (Lipinski definition) is 7. The predicted octanol–water partition coefficient (Wildman–Crippen LogP) is 1.49. The third-order valence-electron chi connectivity index (χ3n) is 4.75. The van der Waals surface area contributed by atoms with Gasteiger partial charge in [0.2, 0.25) is 5.91 Å². The maximum absolute atomic E-state index is 12.5. The van der Waals surface area contributed by atoms with Crippen LogP contribution in [0.3, 0.4) is 0 Å². The smallest absolute Gasteiger partial charge is 0.308 e. The molecule has 0 spiro atoms. The van der Waals surface area contributed by atoms with Crippen molar-refractivity contribution in [3.05, 3.63) is 54.1 Å². The van der Waals surface area contributed by atoms with E-state index in [4.69, 9.17) is 9.94 Å². The lowest BCUT2D eigenvalue weighted by molar-refractivity contribution is -0.132. The minimum absolute atomic E-state index is 0.104. The summed E-state index contributed by atoms with van der Waals surface area (Å²) in [7, 11) is 0. The number of nitrogens with one attached hydrogen (secondary N) is 2. The van der Waals surface area contributed by atoms with E-state index < -0.39 is 11.9 Å². The number of amides is 2. The highest BCUT2D eigenvalue weighted by atomic mass is 16.5. The van der Waals surface area contributed by atoms with Crippen LogP contribution in [0.4, 0.5) is 11.4 Å². The van der Waals surface area contributed by atoms with Crippen LogP contribution in [0.5, 0.6) is 5.75 Å². The Bertz CT molecular complexity index is 908. The first-order chi connectivity index (χ1) is 14.5. The number of anilines is 2. The maximum Gasteiger partial charge on any atom is 0.308 e. The van der Waals surface area contributed by atoms with Gasteiger partial charge in [-0.15, -0.1) is 0 Å². The number of piperazine rings is 1. The monoisotopic (exact) mass is 412 g/mol. The Balaban J connectivity index is 1.47. The van der Waals surface area contributed by atoms with Gasteiger partial charge in [0.25, 0.3) is 5.91 Å². The number of esters is 1. The molecule has 1 fully saturated rings. The van der Waals surface area contributed by atoms with Crippen LogP contribution in [0.25, 0.3) is 0 Å². The molecule has 30 heavy (non-hydrogen) atoms. The molecule has 0 saturated carbocycles. The average Bonchev–Trinajstić information content (AvgIpc) is 2.77. The topological polar surface area (TPSA) is 111 Å². The summed E-state index contributed by atoms with van der Waals surface area (Å²) in [5.74, 6) is -0.754. The van der Waals surface area contributed by atoms with Gasteiger partial charge in [-0.25, -0.2) is 0 Å². The fourth-order valence-electron chi connectivity index (χ4n) is 3.20. The molecule has 1 heterocycles. The van der Waals surface area contributed by atoms with Crippen molar-refractivity contribution < 1.29 is 24.3 Å². The molecular formula is C21H24N4O5. The van der Waals surface area contributed by atoms with Crippen molar-refractivity contribution in [3.63, 3.8) is 0 Å². The van der Waals surface area contributed by atoms with Gasteiger partial charge in [0.1, 0.15) is 5.75 Å². The number of nitrogens with zero attached hydrogens (tertiary/aromatic N) is 2. The molecule has 1 saturated heterocycles. The van der Waals surface area contributed by atoms with Crippen molar-refractivity contribution >= 4 is 29.2 Å². The Morgan fingerprint density at radius 1 is 1.03 bits per heavy atom. The van der Waals surface area contributed by atoms with Crippen LogP contribution < -0.4 is 20.4 Å². The number of rotatable bonds is 6. The van der Waals surface area contributed by atoms with Crippen molar-refractivity contribution in [1.82, 2.24) is 10.2 Å². The van der Waals surface area contributed by atoms with Gasteiger partial charge in [0.05, 0.1) is 12.2 Å². The van der Waals surface area contributed by atoms with E-state index in [0.29, 0.717) is 37.4 Å². The van der Waals surface area contributed by atoms with Gasteiger partial charge < -0.3 is 19.9 Å². The zero-order chi connectivity index (χ0) is 21.5. The number of ether oxygens (including phenoxy) is 1. The Kier molecular flexibility index (Phi) is 6.87. The second-order valence-corrected chi connectivity index (χ2v) is 6.83. The SMILES string of the molecule is CC(=O)Oc1cccc(C(=O)NCC(=O)N2CCN(c3ccc(NO)cc3)CC2)c1. The molecule has 0 aliphatic carbocycles. The molecule has 0 aromatic heterocycles. The van der Waals surface area contributed by atoms with Gasteiger partial charge in [-0.3, -0.25) is 25.1 Å². The number of hydrogen-bond donors (Lipinski definition) is 3. The third-order valence-corrected chi connectivity index (χ3v) is 4.75. The van der Waals surface area contributed by atoms with Crippen molar-refractivity contribution in [2.45, 2.75) is 6.92 Å². The quantitative estimate of drug-likeness (QED) is 0.374. The summed E-state index contributed by atoms with van der Waals surface area (Å²) in [5, 5.41) is 11.5. The van der Waals surface area contributed by atoms with E-state index in [9.17, 15) is 14.4 Å². The molecule has 1 aliphatic rings. The Morgan fingerprint density at radius 2 is 1.73 bits per heavy atom. The summed E-state index contributed by atoms with van der Waals surface area (Å²) < 4.78 is 4.97. The van der Waals surface area contributed by atoms with Gasteiger partial charge in [-0.05, 0) is 42.5 Å². The van der Waals surface area contributed by atoms with Crippen molar-refractivity contribution in [3.8, 4) is 5.75 Å². The van der Waals surface area contributed by atoms with Crippen LogP contribution in [-0.4, -0.2) is 60.6 Å². The van der Waals surface area contributed by atoms with Crippen LogP contribution in [0.15, 0.2) is 48.5 Å². The fraction of sp³-hybridized carbons (Fsp3) is 0.286. The minimum atomic E-state index is -0.470. The molecule has 2 aromatic carbocycles. The highest BCUT2D eigenvalue weighted by Crippen LogP contribution is 2.19. The van der Waals surface area contributed by atoms with E-state index in [2.05, 4.69) is 15.7 Å². The molecule has 0 radical (unpaired) electrons. The summed E-state index contributed by atoms with van der Waals surface area (Å²) in [6.07, 6.45) is 0. The van der Waals surface area contributed by atoms with Gasteiger partial charge >= 0.3 is 5.97 Å². The van der Waals surface area contributed by atoms with Crippen LogP contribution >= 0.6 is 0 Å². The van der Waals surface area contributed by atoms with Crippen LogP contribution in [-0.2, 0) is 9.59 Å². The predicted molar refractivity (Wildman–Crippen MR) is 111 cm³/mol. The molecule has 2 aromatic rings. The van der Waals surface area contributed by atoms with E-state index >= 15 is 0 Å². The number of benzene rings is 2. The summed E-state index contributed by atoms with van der Waals surface area (Å²) in [6.45, 7) is 3.64. The lowest BCUT2D eigenvalue weighted by Gasteiger charge is -2.36. The standard InChI is InChI=1S/C21H24N4O5/c1-15(26)30-19-4-2-3-16(13-19)21(28)22-14-20(27)25-11-9-24(10-12-25)18-7-5-17(23-29)6-8-18/h2-8,13,23,29H,9-12,14H2,1H3,(H,22,28). The second kappa shape index (κ2) is 9.75. The van der Waals surface area contributed by atoms with Gasteiger partial charge in [0.15, 0.2) is 0 Å². The lowest BCUT2D eigenvalue weighted by atomic mass is 10.2. The largest absolute Gasteiger partial charge is 0.427 e. The highest BCUT2D eigenvalue weighted by Gasteiger charge is 2.21. The van der Waals surface area contributed by atoms with Gasteiger partial charge in [0, 0.05) is 44.4 Å². The molecule has 0 unspecified atom stereocenters. The van der Waals surface area contributed by atoms with Crippen LogP contribution in [0.1, 0.15) is 17.3 Å². The van der Waals surface area contributed by atoms with Crippen molar-refractivity contribution in [2.75, 3.05) is 43.1 Å². The van der Waals surface area contributed by atoms with Gasteiger partial charge in [-0.1, -0.05) is 6.07 Å². The Hall–Kier alpha value is -3.59. The molecule has 0 atom stereocenters. The molecular weight excluding hydrogens is 388 g/mol. The summed E-state index contributed by atoms with van der Waals surface area (Å²) >= 11 is 0. The average molecular weight is 412 g/mol. The third kappa shape index (κ3) is 5.48. The van der Waals surface area contributed by atoms with Crippen LogP contribution in [0, 0.1) is 0 Å². The first kappa shape index (κ1) is 21.1. The molecule has 3 N–H and O–H groups in total. The molecule has 158 valence electrons. The Labute approximate surface area is 174 Å². The maximum atomic E-state index is 12.5. The number of carbonyl (C=O) groups is 3. The molecule has 9 heteroatoms. The summed E-state index contributed by atoms with van der Waals surface area (Å²) in [6, 6.07) is 13.6. The van der Waals surface area contributed by atoms with Crippen molar-refractivity contribution in [2.24, 2.45) is 0 Å². The zero-order valence-electron chi connectivity index (χ0n) is 16.6. The van der Waals surface area contributed by atoms with Crippen LogP contribution in [0.2, 0.25) is 0 Å². The fourth-order valence-corrected chi connectivity index (χ4v) is 3.20. The van der Waals surface area contributed by atoms with E-state index in [1.807, 2.05) is 12.1 Å². The molecule has 1 aliphatic heterocycles. The minimum Gasteiger partial charge on any atom is -0.427 e. The summed E-state index contributed by atoms with van der Waals surface area (Å²) in [4.78, 5) is 39.7.